The van der Waals surface area contributed by atoms with Gasteiger partial charge in [0.2, 0.25) is 16.1 Å². The smallest absolute Gasteiger partial charge is 0.264 e. The number of hydrogen-bond donors (Lipinski definition) is 1. The van der Waals surface area contributed by atoms with Gasteiger partial charge in [0.1, 0.15) is 6.61 Å². The summed E-state index contributed by atoms with van der Waals surface area (Å²) in [6.07, 6.45) is 2.07. The van der Waals surface area contributed by atoms with E-state index in [-0.39, 0.29) is 18.4 Å². The zero-order valence-corrected chi connectivity index (χ0v) is 14.4. The molecule has 0 unspecified atom stereocenters. The summed E-state index contributed by atoms with van der Waals surface area (Å²) in [5.74, 6) is 1.30. The van der Waals surface area contributed by atoms with Crippen LogP contribution in [0, 0.1) is 5.92 Å². The Morgan fingerprint density at radius 1 is 1.25 bits per heavy atom. The van der Waals surface area contributed by atoms with E-state index in [0.29, 0.717) is 31.1 Å². The monoisotopic (exact) mass is 354 g/mol. The first-order chi connectivity index (χ1) is 11.4. The summed E-state index contributed by atoms with van der Waals surface area (Å²) in [6, 6.07) is 7.26. The second kappa shape index (κ2) is 6.98. The molecule has 7 nitrogen and oxygen atoms in total. The number of fused-ring (bicyclic) bond motifs is 1. The minimum absolute atomic E-state index is 0.190. The van der Waals surface area contributed by atoms with E-state index >= 15 is 0 Å². The average Bonchev–Trinajstić information content (AvgIpc) is 2.59. The fraction of sp³-hybridized carbons (Fsp3) is 0.562. The topological polar surface area (TPSA) is 84.9 Å². The molecule has 0 aliphatic carbocycles. The van der Waals surface area contributed by atoms with Gasteiger partial charge in [-0.25, -0.2) is 12.7 Å². The van der Waals surface area contributed by atoms with Crippen molar-refractivity contribution in [3.05, 3.63) is 24.3 Å². The molecule has 1 fully saturated rings. The van der Waals surface area contributed by atoms with Gasteiger partial charge in [0.05, 0.1) is 6.26 Å². The largest absolute Gasteiger partial charge is 0.485 e. The summed E-state index contributed by atoms with van der Waals surface area (Å²) in [5, 5.41) is 2.89. The van der Waals surface area contributed by atoms with Gasteiger partial charge >= 0.3 is 0 Å². The normalized spacial score (nSPS) is 22.1. The Morgan fingerprint density at radius 2 is 1.92 bits per heavy atom. The molecule has 1 aromatic carbocycles. The molecule has 1 saturated heterocycles. The van der Waals surface area contributed by atoms with Gasteiger partial charge in [-0.3, -0.25) is 4.79 Å². The number of sulfonamides is 1. The minimum atomic E-state index is -3.12. The third-order valence-electron chi connectivity index (χ3n) is 4.41. The Morgan fingerprint density at radius 3 is 2.58 bits per heavy atom. The molecule has 0 radical (unpaired) electrons. The van der Waals surface area contributed by atoms with Crippen molar-refractivity contribution in [3.8, 4) is 11.5 Å². The predicted octanol–water partition coefficient (Wildman–Crippen LogP) is 0.614. The maximum atomic E-state index is 12.3. The van der Waals surface area contributed by atoms with Crippen LogP contribution in [0.5, 0.6) is 11.5 Å². The highest BCUT2D eigenvalue weighted by Crippen LogP contribution is 2.30. The van der Waals surface area contributed by atoms with E-state index in [4.69, 9.17) is 9.47 Å². The van der Waals surface area contributed by atoms with Crippen LogP contribution in [0.2, 0.25) is 0 Å². The third kappa shape index (κ3) is 3.99. The number of nitrogens with zero attached hydrogens (tertiary/aromatic N) is 1. The van der Waals surface area contributed by atoms with Crippen LogP contribution < -0.4 is 14.8 Å². The molecule has 1 N–H and O–H groups in total. The first-order valence-electron chi connectivity index (χ1n) is 8.05. The molecule has 0 bridgehead atoms. The first kappa shape index (κ1) is 17.0. The summed E-state index contributed by atoms with van der Waals surface area (Å²) in [4.78, 5) is 12.3. The molecule has 2 aliphatic rings. The van der Waals surface area contributed by atoms with E-state index in [1.54, 1.807) is 12.1 Å². The highest BCUT2D eigenvalue weighted by molar-refractivity contribution is 7.88. The molecule has 2 heterocycles. The lowest BCUT2D eigenvalue weighted by Gasteiger charge is -2.31. The maximum Gasteiger partial charge on any atom is 0.264 e. The van der Waals surface area contributed by atoms with Gasteiger partial charge in [0, 0.05) is 19.6 Å². The number of benzene rings is 1. The van der Waals surface area contributed by atoms with Gasteiger partial charge in [-0.1, -0.05) is 12.1 Å². The second-order valence-corrected chi connectivity index (χ2v) is 8.20. The third-order valence-corrected chi connectivity index (χ3v) is 5.71. The second-order valence-electron chi connectivity index (χ2n) is 6.21. The zero-order valence-electron chi connectivity index (χ0n) is 13.6. The number of ether oxygens (including phenoxy) is 2. The molecule has 132 valence electrons. The number of carbonyl (C=O) groups is 1. The number of piperidine rings is 1. The summed E-state index contributed by atoms with van der Waals surface area (Å²) < 4.78 is 35.7. The van der Waals surface area contributed by atoms with Crippen molar-refractivity contribution in [3.63, 3.8) is 0 Å². The van der Waals surface area contributed by atoms with Crippen LogP contribution in [-0.4, -0.2) is 57.2 Å². The van der Waals surface area contributed by atoms with Crippen molar-refractivity contribution in [2.45, 2.75) is 18.9 Å². The summed E-state index contributed by atoms with van der Waals surface area (Å²) in [7, 11) is -3.12. The van der Waals surface area contributed by atoms with Crippen LogP contribution >= 0.6 is 0 Å². The Bertz CT molecular complexity index is 698. The molecule has 2 aliphatic heterocycles. The predicted molar refractivity (Wildman–Crippen MR) is 88.5 cm³/mol. The van der Waals surface area contributed by atoms with Crippen LogP contribution in [0.15, 0.2) is 24.3 Å². The van der Waals surface area contributed by atoms with E-state index in [2.05, 4.69) is 5.32 Å². The van der Waals surface area contributed by atoms with E-state index < -0.39 is 16.1 Å². The number of nitrogens with one attached hydrogen (secondary N) is 1. The molecular weight excluding hydrogens is 332 g/mol. The minimum Gasteiger partial charge on any atom is -0.485 e. The van der Waals surface area contributed by atoms with Crippen LogP contribution in [0.4, 0.5) is 0 Å². The lowest BCUT2D eigenvalue weighted by atomic mass is 9.98. The fourth-order valence-corrected chi connectivity index (χ4v) is 3.83. The van der Waals surface area contributed by atoms with Gasteiger partial charge in [-0.2, -0.15) is 0 Å². The van der Waals surface area contributed by atoms with Gasteiger partial charge in [-0.15, -0.1) is 0 Å². The molecule has 0 spiro atoms. The van der Waals surface area contributed by atoms with Gasteiger partial charge in [0.15, 0.2) is 11.5 Å². The van der Waals surface area contributed by atoms with Crippen LogP contribution in [0.1, 0.15) is 12.8 Å². The molecule has 8 heteroatoms. The lowest BCUT2D eigenvalue weighted by molar-refractivity contribution is -0.130. The fourth-order valence-electron chi connectivity index (χ4n) is 2.95. The average molecular weight is 354 g/mol. The Balaban J connectivity index is 1.46. The van der Waals surface area contributed by atoms with Gasteiger partial charge in [0.25, 0.3) is 5.91 Å². The number of amides is 1. The number of hydrogen-bond acceptors (Lipinski definition) is 5. The van der Waals surface area contributed by atoms with Crippen molar-refractivity contribution >= 4 is 15.9 Å². The van der Waals surface area contributed by atoms with Gasteiger partial charge in [-0.05, 0) is 30.9 Å². The SMILES string of the molecule is CS(=O)(=O)N1CCC(CNC(=O)[C@H]2COc3ccccc3O2)CC1. The van der Waals surface area contributed by atoms with Crippen molar-refractivity contribution in [2.75, 3.05) is 32.5 Å². The van der Waals surface area contributed by atoms with E-state index in [1.807, 2.05) is 12.1 Å². The number of carbonyl (C=O) groups excluding carboxylic acids is 1. The number of rotatable bonds is 4. The maximum absolute atomic E-state index is 12.3. The highest BCUT2D eigenvalue weighted by Gasteiger charge is 2.29. The summed E-state index contributed by atoms with van der Waals surface area (Å²) in [6.45, 7) is 1.74. The van der Waals surface area contributed by atoms with E-state index in [9.17, 15) is 13.2 Å². The standard InChI is InChI=1S/C16H22N2O5S/c1-24(20,21)18-8-6-12(7-9-18)10-17-16(19)15-11-22-13-4-2-3-5-14(13)23-15/h2-5,12,15H,6-11H2,1H3,(H,17,19)/t15-/m1/s1. The van der Waals surface area contributed by atoms with Crippen LogP contribution in [-0.2, 0) is 14.8 Å². The van der Waals surface area contributed by atoms with Gasteiger partial charge < -0.3 is 14.8 Å². The first-order valence-corrected chi connectivity index (χ1v) is 9.89. The van der Waals surface area contributed by atoms with Crippen molar-refractivity contribution in [1.29, 1.82) is 0 Å². The van der Waals surface area contributed by atoms with Crippen molar-refractivity contribution in [1.82, 2.24) is 9.62 Å². The molecule has 1 aromatic rings. The van der Waals surface area contributed by atoms with Crippen LogP contribution in [0.25, 0.3) is 0 Å². The molecule has 0 saturated carbocycles. The van der Waals surface area contributed by atoms with Crippen molar-refractivity contribution in [2.24, 2.45) is 5.92 Å². The Kier molecular flexibility index (Phi) is 4.96. The zero-order chi connectivity index (χ0) is 17.2. The Hall–Kier alpha value is -1.80. The molecule has 1 atom stereocenters. The highest BCUT2D eigenvalue weighted by atomic mass is 32.2. The summed E-state index contributed by atoms with van der Waals surface area (Å²) >= 11 is 0. The summed E-state index contributed by atoms with van der Waals surface area (Å²) in [5.41, 5.74) is 0. The molecule has 0 aromatic heterocycles. The van der Waals surface area contributed by atoms with Crippen molar-refractivity contribution < 1.29 is 22.7 Å². The number of para-hydroxylation sites is 2. The molecule has 3 rings (SSSR count). The molecule has 1 amide bonds. The Labute approximate surface area is 142 Å². The van der Waals surface area contributed by atoms with Crippen LogP contribution in [0.3, 0.4) is 0 Å². The van der Waals surface area contributed by atoms with E-state index in [0.717, 1.165) is 12.8 Å². The molecular formula is C16H22N2O5S. The molecule has 24 heavy (non-hydrogen) atoms. The van der Waals surface area contributed by atoms with E-state index in [1.165, 1.54) is 10.6 Å². The quantitative estimate of drug-likeness (QED) is 0.857. The lowest BCUT2D eigenvalue weighted by Crippen LogP contribution is -2.46.